The molecule has 2 rings (SSSR count). The molecule has 0 radical (unpaired) electrons. The van der Waals surface area contributed by atoms with Gasteiger partial charge in [0.2, 0.25) is 0 Å². The molecule has 1 aliphatic rings. The van der Waals surface area contributed by atoms with Crippen molar-refractivity contribution >= 4 is 5.82 Å². The molecular formula is C11H16N2O2. The molecule has 0 aliphatic carbocycles. The summed E-state index contributed by atoms with van der Waals surface area (Å²) in [6.45, 7) is 1.94. The highest BCUT2D eigenvalue weighted by molar-refractivity contribution is 5.40. The molecule has 4 nitrogen and oxygen atoms in total. The number of nitrogens with zero attached hydrogens (tertiary/aromatic N) is 2. The number of aliphatic hydroxyl groups is 1. The Bertz CT molecular complexity index is 313. The first kappa shape index (κ1) is 10.4. The van der Waals surface area contributed by atoms with Gasteiger partial charge in [-0.15, -0.1) is 0 Å². The molecule has 0 bridgehead atoms. The number of methoxy groups -OCH3 is 1. The molecule has 2 heterocycles. The van der Waals surface area contributed by atoms with Crippen molar-refractivity contribution in [2.45, 2.75) is 19.1 Å². The SMILES string of the molecule is COC1CCN(c2ccc(CO)cn2)C1. The van der Waals surface area contributed by atoms with Crippen LogP contribution < -0.4 is 4.90 Å². The maximum atomic E-state index is 8.90. The Kier molecular flexibility index (Phi) is 3.18. The number of aromatic nitrogens is 1. The van der Waals surface area contributed by atoms with Gasteiger partial charge < -0.3 is 14.7 Å². The van der Waals surface area contributed by atoms with Gasteiger partial charge in [0.1, 0.15) is 5.82 Å². The van der Waals surface area contributed by atoms with Crippen LogP contribution in [0.2, 0.25) is 0 Å². The van der Waals surface area contributed by atoms with E-state index in [1.165, 1.54) is 0 Å². The van der Waals surface area contributed by atoms with Crippen LogP contribution in [0.15, 0.2) is 18.3 Å². The number of pyridine rings is 1. The number of hydrogen-bond donors (Lipinski definition) is 1. The van der Waals surface area contributed by atoms with Crippen LogP contribution in [0.5, 0.6) is 0 Å². The third kappa shape index (κ3) is 2.27. The fraction of sp³-hybridized carbons (Fsp3) is 0.545. The minimum Gasteiger partial charge on any atom is -0.392 e. The van der Waals surface area contributed by atoms with Gasteiger partial charge in [0.25, 0.3) is 0 Å². The molecule has 1 aromatic heterocycles. The third-order valence-electron chi connectivity index (χ3n) is 2.79. The average molecular weight is 208 g/mol. The molecule has 82 valence electrons. The summed E-state index contributed by atoms with van der Waals surface area (Å²) in [7, 11) is 1.75. The van der Waals surface area contributed by atoms with Crippen molar-refractivity contribution in [3.8, 4) is 0 Å². The second-order valence-electron chi connectivity index (χ2n) is 3.78. The molecule has 1 aliphatic heterocycles. The highest BCUT2D eigenvalue weighted by atomic mass is 16.5. The highest BCUT2D eigenvalue weighted by Crippen LogP contribution is 2.19. The van der Waals surface area contributed by atoms with Crippen molar-refractivity contribution in [2.75, 3.05) is 25.1 Å². The van der Waals surface area contributed by atoms with E-state index in [0.717, 1.165) is 30.9 Å². The molecular weight excluding hydrogens is 192 g/mol. The van der Waals surface area contributed by atoms with Crippen molar-refractivity contribution < 1.29 is 9.84 Å². The maximum Gasteiger partial charge on any atom is 0.128 e. The highest BCUT2D eigenvalue weighted by Gasteiger charge is 2.22. The van der Waals surface area contributed by atoms with Crippen LogP contribution in [0, 0.1) is 0 Å². The Labute approximate surface area is 89.5 Å². The second kappa shape index (κ2) is 4.59. The zero-order chi connectivity index (χ0) is 10.7. The van der Waals surface area contributed by atoms with Crippen LogP contribution in [0.3, 0.4) is 0 Å². The average Bonchev–Trinajstić information content (AvgIpc) is 2.78. The fourth-order valence-corrected chi connectivity index (χ4v) is 1.83. The summed E-state index contributed by atoms with van der Waals surface area (Å²) in [5.41, 5.74) is 0.848. The number of ether oxygens (including phenoxy) is 1. The van der Waals surface area contributed by atoms with Crippen LogP contribution in [0.1, 0.15) is 12.0 Å². The summed E-state index contributed by atoms with van der Waals surface area (Å²) < 4.78 is 5.30. The Morgan fingerprint density at radius 3 is 3.00 bits per heavy atom. The molecule has 1 saturated heterocycles. The van der Waals surface area contributed by atoms with E-state index in [1.54, 1.807) is 13.3 Å². The molecule has 0 aromatic carbocycles. The first-order valence-corrected chi connectivity index (χ1v) is 5.17. The molecule has 1 atom stereocenters. The molecule has 4 heteroatoms. The Morgan fingerprint density at radius 2 is 2.47 bits per heavy atom. The maximum absolute atomic E-state index is 8.90. The van der Waals surface area contributed by atoms with Crippen LogP contribution in [0.25, 0.3) is 0 Å². The lowest BCUT2D eigenvalue weighted by Crippen LogP contribution is -2.22. The zero-order valence-corrected chi connectivity index (χ0v) is 8.89. The van der Waals surface area contributed by atoms with E-state index in [1.807, 2.05) is 12.1 Å². The van der Waals surface area contributed by atoms with Gasteiger partial charge in [-0.3, -0.25) is 0 Å². The van der Waals surface area contributed by atoms with Gasteiger partial charge in [0, 0.05) is 26.4 Å². The van der Waals surface area contributed by atoms with Crippen LogP contribution >= 0.6 is 0 Å². The van der Waals surface area contributed by atoms with Gasteiger partial charge >= 0.3 is 0 Å². The molecule has 1 aromatic rings. The van der Waals surface area contributed by atoms with Gasteiger partial charge in [0.15, 0.2) is 0 Å². The van der Waals surface area contributed by atoms with Crippen LogP contribution in [0.4, 0.5) is 5.82 Å². The van der Waals surface area contributed by atoms with Gasteiger partial charge in [-0.05, 0) is 18.1 Å². The lowest BCUT2D eigenvalue weighted by Gasteiger charge is -2.16. The largest absolute Gasteiger partial charge is 0.392 e. The van der Waals surface area contributed by atoms with E-state index in [-0.39, 0.29) is 6.61 Å². The Balaban J connectivity index is 2.04. The lowest BCUT2D eigenvalue weighted by molar-refractivity contribution is 0.121. The van der Waals surface area contributed by atoms with Crippen molar-refractivity contribution in [2.24, 2.45) is 0 Å². The number of anilines is 1. The molecule has 1 fully saturated rings. The molecule has 0 saturated carbocycles. The quantitative estimate of drug-likeness (QED) is 0.798. The van der Waals surface area contributed by atoms with E-state index in [9.17, 15) is 0 Å². The number of hydrogen-bond acceptors (Lipinski definition) is 4. The second-order valence-corrected chi connectivity index (χ2v) is 3.78. The van der Waals surface area contributed by atoms with E-state index in [2.05, 4.69) is 9.88 Å². The third-order valence-corrected chi connectivity index (χ3v) is 2.79. The first-order chi connectivity index (χ1) is 7.33. The van der Waals surface area contributed by atoms with Gasteiger partial charge in [-0.2, -0.15) is 0 Å². The molecule has 0 amide bonds. The van der Waals surface area contributed by atoms with Crippen molar-refractivity contribution in [1.29, 1.82) is 0 Å². The fourth-order valence-electron chi connectivity index (χ4n) is 1.83. The minimum atomic E-state index is 0.0496. The smallest absolute Gasteiger partial charge is 0.128 e. The molecule has 1 N–H and O–H groups in total. The summed E-state index contributed by atoms with van der Waals surface area (Å²) in [5, 5.41) is 8.90. The molecule has 1 unspecified atom stereocenters. The Hall–Kier alpha value is -1.13. The number of aliphatic hydroxyl groups excluding tert-OH is 1. The molecule has 15 heavy (non-hydrogen) atoms. The topological polar surface area (TPSA) is 45.6 Å². The van der Waals surface area contributed by atoms with E-state index >= 15 is 0 Å². The van der Waals surface area contributed by atoms with Gasteiger partial charge in [-0.1, -0.05) is 6.07 Å². The van der Waals surface area contributed by atoms with Crippen LogP contribution in [-0.4, -0.2) is 36.4 Å². The van der Waals surface area contributed by atoms with Crippen molar-refractivity contribution in [1.82, 2.24) is 4.98 Å². The van der Waals surface area contributed by atoms with Crippen LogP contribution in [-0.2, 0) is 11.3 Å². The van der Waals surface area contributed by atoms with E-state index < -0.39 is 0 Å². The summed E-state index contributed by atoms with van der Waals surface area (Å²) in [4.78, 5) is 6.51. The van der Waals surface area contributed by atoms with Gasteiger partial charge in [0.05, 0.1) is 12.7 Å². The summed E-state index contributed by atoms with van der Waals surface area (Å²) in [6, 6.07) is 3.85. The van der Waals surface area contributed by atoms with Crippen molar-refractivity contribution in [3.05, 3.63) is 23.9 Å². The summed E-state index contributed by atoms with van der Waals surface area (Å²) in [6.07, 6.45) is 3.10. The number of rotatable bonds is 3. The monoisotopic (exact) mass is 208 g/mol. The normalized spacial score (nSPS) is 20.9. The Morgan fingerprint density at radius 1 is 1.60 bits per heavy atom. The minimum absolute atomic E-state index is 0.0496. The summed E-state index contributed by atoms with van der Waals surface area (Å²) in [5.74, 6) is 0.965. The van der Waals surface area contributed by atoms with Gasteiger partial charge in [-0.25, -0.2) is 4.98 Å². The summed E-state index contributed by atoms with van der Waals surface area (Å²) >= 11 is 0. The standard InChI is InChI=1S/C11H16N2O2/c1-15-10-4-5-13(7-10)11-3-2-9(8-14)6-12-11/h2-3,6,10,14H,4-5,7-8H2,1H3. The van der Waals surface area contributed by atoms with E-state index in [4.69, 9.17) is 9.84 Å². The predicted octanol–water partition coefficient (Wildman–Crippen LogP) is 0.799. The predicted molar refractivity (Wildman–Crippen MR) is 57.8 cm³/mol. The molecule has 0 spiro atoms. The van der Waals surface area contributed by atoms with Crippen molar-refractivity contribution in [3.63, 3.8) is 0 Å². The lowest BCUT2D eigenvalue weighted by atomic mass is 10.3. The van der Waals surface area contributed by atoms with E-state index in [0.29, 0.717) is 6.10 Å². The zero-order valence-electron chi connectivity index (χ0n) is 8.89. The first-order valence-electron chi connectivity index (χ1n) is 5.17.